The molecular weight excluding hydrogens is 422 g/mol. The van der Waals surface area contributed by atoms with Crippen LogP contribution in [0.4, 0.5) is 11.4 Å². The number of piperazine rings is 1. The van der Waals surface area contributed by atoms with Crippen molar-refractivity contribution in [1.82, 2.24) is 15.4 Å². The number of benzene rings is 2. The summed E-state index contributed by atoms with van der Waals surface area (Å²) in [4.78, 5) is 15.7. The van der Waals surface area contributed by atoms with E-state index in [4.69, 9.17) is 9.26 Å². The Hall–Kier alpha value is -3.43. The molecule has 0 radical (unpaired) electrons. The SMILES string of the molecule is COc1ccc(N2CCN(CCCNCc3cc(-c4ccccc4[N+](=O)[O-])no3)CC2)cc1. The van der Waals surface area contributed by atoms with E-state index in [1.54, 1.807) is 31.4 Å². The van der Waals surface area contributed by atoms with Gasteiger partial charge in [0.25, 0.3) is 5.69 Å². The Morgan fingerprint density at radius 2 is 1.88 bits per heavy atom. The lowest BCUT2D eigenvalue weighted by Crippen LogP contribution is -2.46. The molecule has 1 aliphatic rings. The van der Waals surface area contributed by atoms with Crippen LogP contribution in [0.3, 0.4) is 0 Å². The summed E-state index contributed by atoms with van der Waals surface area (Å²) >= 11 is 0. The van der Waals surface area contributed by atoms with Gasteiger partial charge in [0, 0.05) is 44.0 Å². The van der Waals surface area contributed by atoms with E-state index in [0.717, 1.165) is 51.4 Å². The summed E-state index contributed by atoms with van der Waals surface area (Å²) in [7, 11) is 1.68. The summed E-state index contributed by atoms with van der Waals surface area (Å²) in [6.45, 7) is 6.58. The third-order valence-electron chi connectivity index (χ3n) is 5.87. The minimum Gasteiger partial charge on any atom is -0.497 e. The lowest BCUT2D eigenvalue weighted by molar-refractivity contribution is -0.384. The molecule has 0 bridgehead atoms. The van der Waals surface area contributed by atoms with Crippen LogP contribution in [-0.2, 0) is 6.54 Å². The average molecular weight is 452 g/mol. The highest BCUT2D eigenvalue weighted by Gasteiger charge is 2.18. The Morgan fingerprint density at radius 1 is 1.12 bits per heavy atom. The molecule has 1 N–H and O–H groups in total. The third-order valence-corrected chi connectivity index (χ3v) is 5.87. The lowest BCUT2D eigenvalue weighted by Gasteiger charge is -2.36. The van der Waals surface area contributed by atoms with Gasteiger partial charge in [-0.1, -0.05) is 17.3 Å². The minimum atomic E-state index is -0.404. The molecule has 3 aromatic rings. The van der Waals surface area contributed by atoms with Crippen molar-refractivity contribution in [1.29, 1.82) is 0 Å². The van der Waals surface area contributed by atoms with Crippen molar-refractivity contribution < 1.29 is 14.2 Å². The number of methoxy groups -OCH3 is 1. The van der Waals surface area contributed by atoms with Crippen LogP contribution in [0.25, 0.3) is 11.3 Å². The summed E-state index contributed by atoms with van der Waals surface area (Å²) in [6, 6.07) is 16.5. The van der Waals surface area contributed by atoms with Crippen molar-refractivity contribution in [3.63, 3.8) is 0 Å². The Labute approximate surface area is 193 Å². The van der Waals surface area contributed by atoms with Gasteiger partial charge < -0.3 is 19.5 Å². The van der Waals surface area contributed by atoms with E-state index in [1.165, 1.54) is 11.8 Å². The molecule has 174 valence electrons. The van der Waals surface area contributed by atoms with E-state index >= 15 is 0 Å². The first-order valence-electron chi connectivity index (χ1n) is 11.2. The maximum absolute atomic E-state index is 11.2. The van der Waals surface area contributed by atoms with Crippen LogP contribution in [0.2, 0.25) is 0 Å². The number of rotatable bonds is 10. The van der Waals surface area contributed by atoms with Crippen molar-refractivity contribution in [3.8, 4) is 17.0 Å². The molecule has 4 rings (SSSR count). The highest BCUT2D eigenvalue weighted by molar-refractivity contribution is 5.70. The van der Waals surface area contributed by atoms with Crippen molar-refractivity contribution in [2.75, 3.05) is 51.3 Å². The molecule has 33 heavy (non-hydrogen) atoms. The molecule has 0 atom stereocenters. The van der Waals surface area contributed by atoms with E-state index < -0.39 is 4.92 Å². The van der Waals surface area contributed by atoms with Crippen LogP contribution < -0.4 is 15.0 Å². The first-order valence-corrected chi connectivity index (χ1v) is 11.2. The van der Waals surface area contributed by atoms with Crippen LogP contribution in [0, 0.1) is 10.1 Å². The van der Waals surface area contributed by atoms with Crippen LogP contribution >= 0.6 is 0 Å². The molecule has 0 aliphatic carbocycles. The minimum absolute atomic E-state index is 0.0254. The van der Waals surface area contributed by atoms with E-state index in [-0.39, 0.29) is 5.69 Å². The van der Waals surface area contributed by atoms with Gasteiger partial charge in [-0.15, -0.1) is 0 Å². The van der Waals surface area contributed by atoms with Gasteiger partial charge in [-0.05, 0) is 49.8 Å². The van der Waals surface area contributed by atoms with Gasteiger partial charge in [0.1, 0.15) is 11.4 Å². The normalized spacial score (nSPS) is 14.4. The smallest absolute Gasteiger partial charge is 0.278 e. The lowest BCUT2D eigenvalue weighted by atomic mass is 10.1. The van der Waals surface area contributed by atoms with Gasteiger partial charge >= 0.3 is 0 Å². The number of hydrogen-bond acceptors (Lipinski definition) is 8. The fraction of sp³-hybridized carbons (Fsp3) is 0.375. The molecule has 2 heterocycles. The Bertz CT molecular complexity index is 1050. The number of nitro groups is 1. The highest BCUT2D eigenvalue weighted by atomic mass is 16.6. The molecule has 0 saturated carbocycles. The first-order chi connectivity index (χ1) is 16.1. The summed E-state index contributed by atoms with van der Waals surface area (Å²) in [5.41, 5.74) is 2.21. The van der Waals surface area contributed by atoms with E-state index in [0.29, 0.717) is 23.6 Å². The van der Waals surface area contributed by atoms with Crippen molar-refractivity contribution in [3.05, 3.63) is 70.5 Å². The van der Waals surface area contributed by atoms with Crippen molar-refractivity contribution in [2.45, 2.75) is 13.0 Å². The average Bonchev–Trinajstić information content (AvgIpc) is 3.33. The summed E-state index contributed by atoms with van der Waals surface area (Å²) < 4.78 is 10.6. The van der Waals surface area contributed by atoms with Gasteiger partial charge in [0.15, 0.2) is 5.76 Å². The molecule has 1 saturated heterocycles. The fourth-order valence-corrected chi connectivity index (χ4v) is 4.03. The molecule has 1 aromatic heterocycles. The van der Waals surface area contributed by atoms with Gasteiger partial charge in [-0.2, -0.15) is 0 Å². The second-order valence-electron chi connectivity index (χ2n) is 8.01. The third kappa shape index (κ3) is 5.88. The van der Waals surface area contributed by atoms with Crippen LogP contribution in [0.15, 0.2) is 59.1 Å². The fourth-order valence-electron chi connectivity index (χ4n) is 4.03. The summed E-state index contributed by atoms with van der Waals surface area (Å²) in [5, 5.41) is 18.6. The number of ether oxygens (including phenoxy) is 1. The standard InChI is InChI=1S/C24H29N5O4/c1-32-20-9-7-19(8-10-20)28-15-13-27(14-16-28)12-4-11-25-18-21-17-23(26-33-21)22-5-2-3-6-24(22)29(30)31/h2-3,5-10,17,25H,4,11-16,18H2,1H3. The predicted octanol–water partition coefficient (Wildman–Crippen LogP) is 3.56. The zero-order valence-electron chi connectivity index (χ0n) is 18.8. The van der Waals surface area contributed by atoms with E-state index in [9.17, 15) is 10.1 Å². The maximum Gasteiger partial charge on any atom is 0.278 e. The first kappa shape index (κ1) is 22.8. The number of hydrogen-bond donors (Lipinski definition) is 1. The van der Waals surface area contributed by atoms with Crippen LogP contribution in [0.1, 0.15) is 12.2 Å². The monoisotopic (exact) mass is 451 g/mol. The number of para-hydroxylation sites is 1. The molecular formula is C24H29N5O4. The van der Waals surface area contributed by atoms with E-state index in [2.05, 4.69) is 32.4 Å². The summed E-state index contributed by atoms with van der Waals surface area (Å²) in [5.74, 6) is 1.55. The molecule has 9 nitrogen and oxygen atoms in total. The second kappa shape index (κ2) is 10.9. The Kier molecular flexibility index (Phi) is 7.54. The van der Waals surface area contributed by atoms with Gasteiger partial charge in [0.2, 0.25) is 0 Å². The maximum atomic E-state index is 11.2. The molecule has 0 amide bonds. The zero-order valence-corrected chi connectivity index (χ0v) is 18.8. The Balaban J connectivity index is 1.16. The van der Waals surface area contributed by atoms with Gasteiger partial charge in [-0.25, -0.2) is 0 Å². The topological polar surface area (TPSA) is 96.9 Å². The van der Waals surface area contributed by atoms with Crippen LogP contribution in [0.5, 0.6) is 5.75 Å². The van der Waals surface area contributed by atoms with Crippen molar-refractivity contribution >= 4 is 11.4 Å². The highest BCUT2D eigenvalue weighted by Crippen LogP contribution is 2.29. The number of nitrogens with zero attached hydrogens (tertiary/aromatic N) is 4. The molecule has 1 fully saturated rings. The van der Waals surface area contributed by atoms with E-state index in [1.807, 2.05) is 12.1 Å². The zero-order chi connectivity index (χ0) is 23.0. The number of nitrogens with one attached hydrogen (secondary N) is 1. The van der Waals surface area contributed by atoms with Gasteiger partial charge in [-0.3, -0.25) is 15.0 Å². The summed E-state index contributed by atoms with van der Waals surface area (Å²) in [6.07, 6.45) is 1.04. The molecule has 2 aromatic carbocycles. The number of anilines is 1. The number of aromatic nitrogens is 1. The molecule has 0 spiro atoms. The Morgan fingerprint density at radius 3 is 2.61 bits per heavy atom. The van der Waals surface area contributed by atoms with Crippen molar-refractivity contribution in [2.24, 2.45) is 0 Å². The largest absolute Gasteiger partial charge is 0.497 e. The van der Waals surface area contributed by atoms with Crippen LogP contribution in [-0.4, -0.2) is 61.4 Å². The molecule has 1 aliphatic heterocycles. The predicted molar refractivity (Wildman–Crippen MR) is 127 cm³/mol. The quantitative estimate of drug-likeness (QED) is 0.284. The molecule has 9 heteroatoms. The second-order valence-corrected chi connectivity index (χ2v) is 8.01. The molecule has 0 unspecified atom stereocenters. The number of nitro benzene ring substituents is 1. The van der Waals surface area contributed by atoms with Gasteiger partial charge in [0.05, 0.1) is 24.1 Å².